The molecule has 4 rings (SSSR count). The largest absolute Gasteiger partial charge is 0.371 e. The molecule has 3 heterocycles. The number of fused-ring (bicyclic) bond motifs is 1. The van der Waals surface area contributed by atoms with Crippen molar-refractivity contribution in [1.82, 2.24) is 14.1 Å². The van der Waals surface area contributed by atoms with Crippen LogP contribution in [0.1, 0.15) is 31.1 Å². The summed E-state index contributed by atoms with van der Waals surface area (Å²) >= 11 is 0. The Morgan fingerprint density at radius 3 is 2.81 bits per heavy atom. The maximum atomic E-state index is 13.2. The topological polar surface area (TPSA) is 93.5 Å². The molecule has 1 fully saturated rings. The standard InChI is InChI=1S/C18H22N4O4S/c1-18(2)14-8-13(4-5-15(14)20-17(18)23)27(24,25)22-6-7-26-16(11-22)12-9-19-21(3)10-12/h4-5,8-10,16H,6-7,11H2,1-3H3,(H,20,23)/t16-/m0/s1. The minimum atomic E-state index is -3.70. The van der Waals surface area contributed by atoms with Crippen LogP contribution in [0.4, 0.5) is 5.69 Å². The third kappa shape index (κ3) is 2.95. The van der Waals surface area contributed by atoms with Crippen molar-refractivity contribution in [2.24, 2.45) is 7.05 Å². The molecule has 1 N–H and O–H groups in total. The molecule has 144 valence electrons. The number of rotatable bonds is 3. The number of amides is 1. The van der Waals surface area contributed by atoms with Crippen LogP contribution in [0.2, 0.25) is 0 Å². The number of benzene rings is 1. The second-order valence-corrected chi connectivity index (χ2v) is 9.39. The molecule has 1 saturated heterocycles. The second kappa shape index (κ2) is 6.15. The first kappa shape index (κ1) is 18.1. The molecule has 0 aliphatic carbocycles. The maximum absolute atomic E-state index is 13.2. The van der Waals surface area contributed by atoms with Crippen molar-refractivity contribution >= 4 is 21.6 Å². The van der Waals surface area contributed by atoms with E-state index in [1.807, 2.05) is 13.2 Å². The van der Waals surface area contributed by atoms with E-state index in [9.17, 15) is 13.2 Å². The van der Waals surface area contributed by atoms with Gasteiger partial charge < -0.3 is 10.1 Å². The smallest absolute Gasteiger partial charge is 0.243 e. The van der Waals surface area contributed by atoms with E-state index in [4.69, 9.17) is 4.74 Å². The van der Waals surface area contributed by atoms with Crippen LogP contribution in [0.5, 0.6) is 0 Å². The number of ether oxygens (including phenoxy) is 1. The zero-order valence-corrected chi connectivity index (χ0v) is 16.3. The molecule has 1 aromatic carbocycles. The van der Waals surface area contributed by atoms with Crippen LogP contribution < -0.4 is 5.32 Å². The number of hydrogen-bond acceptors (Lipinski definition) is 5. The van der Waals surface area contributed by atoms with Gasteiger partial charge in [0.25, 0.3) is 0 Å². The molecule has 1 aromatic heterocycles. The van der Waals surface area contributed by atoms with Crippen LogP contribution >= 0.6 is 0 Å². The predicted molar refractivity (Wildman–Crippen MR) is 98.8 cm³/mol. The molecule has 0 unspecified atom stereocenters. The SMILES string of the molecule is Cn1cc([C@@H]2CN(S(=O)(=O)c3ccc4c(c3)C(C)(C)C(=O)N4)CCO2)cn1. The Morgan fingerprint density at radius 1 is 1.33 bits per heavy atom. The third-order valence-electron chi connectivity index (χ3n) is 5.24. The first-order chi connectivity index (χ1) is 12.7. The lowest BCUT2D eigenvalue weighted by Gasteiger charge is -2.32. The Morgan fingerprint density at radius 2 is 2.11 bits per heavy atom. The highest BCUT2D eigenvalue weighted by molar-refractivity contribution is 7.89. The van der Waals surface area contributed by atoms with Gasteiger partial charge in [0.1, 0.15) is 0 Å². The monoisotopic (exact) mass is 390 g/mol. The van der Waals surface area contributed by atoms with Gasteiger partial charge in [-0.05, 0) is 37.6 Å². The molecule has 9 heteroatoms. The molecule has 27 heavy (non-hydrogen) atoms. The number of aromatic nitrogens is 2. The lowest BCUT2D eigenvalue weighted by atomic mass is 9.86. The molecule has 2 aromatic rings. The average molecular weight is 390 g/mol. The number of carbonyl (C=O) groups excluding carboxylic acids is 1. The Balaban J connectivity index is 1.64. The molecule has 2 aliphatic heterocycles. The number of sulfonamides is 1. The van der Waals surface area contributed by atoms with Gasteiger partial charge in [0.2, 0.25) is 15.9 Å². The summed E-state index contributed by atoms with van der Waals surface area (Å²) in [5.41, 5.74) is 1.46. The van der Waals surface area contributed by atoms with Crippen molar-refractivity contribution in [2.45, 2.75) is 30.3 Å². The van der Waals surface area contributed by atoms with Crippen LogP contribution in [0, 0.1) is 0 Å². The first-order valence-corrected chi connectivity index (χ1v) is 10.2. The van der Waals surface area contributed by atoms with Gasteiger partial charge >= 0.3 is 0 Å². The normalized spacial score (nSPS) is 22.5. The van der Waals surface area contributed by atoms with Gasteiger partial charge in [-0.2, -0.15) is 9.40 Å². The van der Waals surface area contributed by atoms with E-state index in [1.165, 1.54) is 4.31 Å². The number of nitrogens with zero attached hydrogens (tertiary/aromatic N) is 3. The summed E-state index contributed by atoms with van der Waals surface area (Å²) in [4.78, 5) is 12.3. The van der Waals surface area contributed by atoms with E-state index >= 15 is 0 Å². The number of carbonyl (C=O) groups is 1. The number of nitrogens with one attached hydrogen (secondary N) is 1. The summed E-state index contributed by atoms with van der Waals surface area (Å²) in [5, 5.41) is 6.93. The lowest BCUT2D eigenvalue weighted by Crippen LogP contribution is -2.42. The highest BCUT2D eigenvalue weighted by atomic mass is 32.2. The summed E-state index contributed by atoms with van der Waals surface area (Å²) in [6.45, 7) is 4.41. The van der Waals surface area contributed by atoms with E-state index in [1.54, 1.807) is 42.9 Å². The highest BCUT2D eigenvalue weighted by Gasteiger charge is 2.40. The Bertz CT molecular complexity index is 1010. The summed E-state index contributed by atoms with van der Waals surface area (Å²) in [5.74, 6) is -0.130. The predicted octanol–water partition coefficient (Wildman–Crippen LogP) is 1.41. The number of hydrogen-bond donors (Lipinski definition) is 1. The fourth-order valence-electron chi connectivity index (χ4n) is 3.51. The van der Waals surface area contributed by atoms with Crippen LogP contribution in [-0.4, -0.2) is 48.1 Å². The van der Waals surface area contributed by atoms with Crippen molar-refractivity contribution in [1.29, 1.82) is 0 Å². The second-order valence-electron chi connectivity index (χ2n) is 7.46. The minimum absolute atomic E-state index is 0.130. The highest BCUT2D eigenvalue weighted by Crippen LogP contribution is 2.39. The summed E-state index contributed by atoms with van der Waals surface area (Å²) in [6.07, 6.45) is 3.17. The Hall–Kier alpha value is -2.23. The number of morpholine rings is 1. The molecule has 8 nitrogen and oxygen atoms in total. The van der Waals surface area contributed by atoms with Crippen LogP contribution in [-0.2, 0) is 32.0 Å². The Labute approximate surface area is 158 Å². The zero-order chi connectivity index (χ0) is 19.4. The molecular formula is C18H22N4O4S. The van der Waals surface area contributed by atoms with E-state index in [-0.39, 0.29) is 30.0 Å². The van der Waals surface area contributed by atoms with Crippen molar-refractivity contribution in [3.05, 3.63) is 41.7 Å². The average Bonchev–Trinajstić information content (AvgIpc) is 3.16. The first-order valence-electron chi connectivity index (χ1n) is 8.76. The Kier molecular flexibility index (Phi) is 4.13. The summed E-state index contributed by atoms with van der Waals surface area (Å²) < 4.78 is 35.3. The third-order valence-corrected chi connectivity index (χ3v) is 7.10. The van der Waals surface area contributed by atoms with E-state index in [0.717, 1.165) is 5.56 Å². The molecule has 0 bridgehead atoms. The minimum Gasteiger partial charge on any atom is -0.371 e. The molecule has 1 amide bonds. The van der Waals surface area contributed by atoms with Crippen LogP contribution in [0.3, 0.4) is 0 Å². The summed E-state index contributed by atoms with van der Waals surface area (Å²) in [6, 6.07) is 4.81. The van der Waals surface area contributed by atoms with Crippen LogP contribution in [0.25, 0.3) is 0 Å². The quantitative estimate of drug-likeness (QED) is 0.855. The number of anilines is 1. The van der Waals surface area contributed by atoms with Crippen molar-refractivity contribution in [2.75, 3.05) is 25.0 Å². The van der Waals surface area contributed by atoms with E-state index in [2.05, 4.69) is 10.4 Å². The molecular weight excluding hydrogens is 368 g/mol. The van der Waals surface area contributed by atoms with Crippen molar-refractivity contribution < 1.29 is 17.9 Å². The van der Waals surface area contributed by atoms with Crippen molar-refractivity contribution in [3.8, 4) is 0 Å². The van der Waals surface area contributed by atoms with E-state index < -0.39 is 15.4 Å². The molecule has 0 saturated carbocycles. The molecule has 0 radical (unpaired) electrons. The van der Waals surface area contributed by atoms with Gasteiger partial charge in [0, 0.05) is 37.6 Å². The maximum Gasteiger partial charge on any atom is 0.243 e. The fourth-order valence-corrected chi connectivity index (χ4v) is 4.96. The fraction of sp³-hybridized carbons (Fsp3) is 0.444. The zero-order valence-electron chi connectivity index (χ0n) is 15.5. The van der Waals surface area contributed by atoms with Crippen LogP contribution in [0.15, 0.2) is 35.5 Å². The van der Waals surface area contributed by atoms with Crippen molar-refractivity contribution in [3.63, 3.8) is 0 Å². The van der Waals surface area contributed by atoms with Gasteiger partial charge in [-0.3, -0.25) is 9.48 Å². The number of aryl methyl sites for hydroxylation is 1. The molecule has 1 atom stereocenters. The van der Waals surface area contributed by atoms with E-state index in [0.29, 0.717) is 17.9 Å². The summed E-state index contributed by atoms with van der Waals surface area (Å²) in [7, 11) is -1.89. The van der Waals surface area contributed by atoms with Gasteiger partial charge in [0.15, 0.2) is 0 Å². The molecule has 0 spiro atoms. The van der Waals surface area contributed by atoms with Gasteiger partial charge in [-0.25, -0.2) is 8.42 Å². The van der Waals surface area contributed by atoms with Gasteiger partial charge in [0.05, 0.1) is 29.2 Å². The van der Waals surface area contributed by atoms with Gasteiger partial charge in [-0.1, -0.05) is 0 Å². The lowest BCUT2D eigenvalue weighted by molar-refractivity contribution is -0.119. The molecule has 2 aliphatic rings. The van der Waals surface area contributed by atoms with Gasteiger partial charge in [-0.15, -0.1) is 0 Å².